The molecule has 1 amide bonds. The summed E-state index contributed by atoms with van der Waals surface area (Å²) in [4.78, 5) is 30.5. The number of aromatic nitrogens is 3. The van der Waals surface area contributed by atoms with Crippen LogP contribution in [0.2, 0.25) is 5.02 Å². The molecule has 0 unspecified atom stereocenters. The molecule has 3 aromatic rings. The second-order valence-electron chi connectivity index (χ2n) is 7.95. The van der Waals surface area contributed by atoms with Gasteiger partial charge in [0.05, 0.1) is 11.8 Å². The van der Waals surface area contributed by atoms with Crippen molar-refractivity contribution in [3.8, 4) is 0 Å². The first-order valence-electron chi connectivity index (χ1n) is 10.7. The zero-order valence-corrected chi connectivity index (χ0v) is 19.5. The Hall–Kier alpha value is -2.55. The van der Waals surface area contributed by atoms with E-state index >= 15 is 0 Å². The van der Waals surface area contributed by atoms with Gasteiger partial charge in [-0.1, -0.05) is 11.6 Å². The van der Waals surface area contributed by atoms with Gasteiger partial charge in [-0.15, -0.1) is 12.4 Å². The number of hydrogen-bond acceptors (Lipinski definition) is 5. The highest BCUT2D eigenvalue weighted by Crippen LogP contribution is 2.22. The van der Waals surface area contributed by atoms with Gasteiger partial charge < -0.3 is 19.7 Å². The van der Waals surface area contributed by atoms with E-state index in [2.05, 4.69) is 19.9 Å². The lowest BCUT2D eigenvalue weighted by molar-refractivity contribution is 0.0748. The third-order valence-electron chi connectivity index (χ3n) is 6.27. The Labute approximate surface area is 197 Å². The van der Waals surface area contributed by atoms with E-state index in [4.69, 9.17) is 11.6 Å². The molecule has 0 bridgehead atoms. The highest BCUT2D eigenvalue weighted by molar-refractivity contribution is 6.30. The van der Waals surface area contributed by atoms with Gasteiger partial charge in [0.15, 0.2) is 5.65 Å². The molecule has 32 heavy (non-hydrogen) atoms. The van der Waals surface area contributed by atoms with Crippen LogP contribution >= 0.6 is 24.0 Å². The summed E-state index contributed by atoms with van der Waals surface area (Å²) in [6.07, 6.45) is 2.32. The first kappa shape index (κ1) is 22.6. The number of fused-ring (bicyclic) bond motifs is 2. The maximum atomic E-state index is 13.4. The lowest BCUT2D eigenvalue weighted by atomic mass is 10.1. The maximum absolute atomic E-state index is 13.4. The number of aryl methyl sites for hydroxylation is 1. The van der Waals surface area contributed by atoms with Crippen molar-refractivity contribution in [1.82, 2.24) is 24.4 Å². The lowest BCUT2D eigenvalue weighted by Crippen LogP contribution is -2.49. The van der Waals surface area contributed by atoms with Crippen molar-refractivity contribution in [3.05, 3.63) is 62.7 Å². The SMILES string of the molecule is CCn1c2c(c(=O)n3ncc(C(=O)N4CCN(c5ccc(Cl)cc5)CC4)c13)CNCC2.Cl. The van der Waals surface area contributed by atoms with E-state index in [1.165, 1.54) is 4.52 Å². The molecule has 0 spiro atoms. The van der Waals surface area contributed by atoms with Gasteiger partial charge in [0.2, 0.25) is 0 Å². The number of anilines is 1. The number of amides is 1. The first-order valence-corrected chi connectivity index (χ1v) is 11.1. The molecule has 170 valence electrons. The van der Waals surface area contributed by atoms with Crippen LogP contribution in [0, 0.1) is 0 Å². The summed E-state index contributed by atoms with van der Waals surface area (Å²) in [6.45, 7) is 6.81. The van der Waals surface area contributed by atoms with Crippen LogP contribution in [0.3, 0.4) is 0 Å². The molecule has 0 saturated carbocycles. The van der Waals surface area contributed by atoms with Crippen LogP contribution < -0.4 is 15.8 Å². The zero-order valence-electron chi connectivity index (χ0n) is 17.9. The molecule has 0 aliphatic carbocycles. The highest BCUT2D eigenvalue weighted by atomic mass is 35.5. The number of nitrogens with one attached hydrogen (secondary N) is 1. The second kappa shape index (κ2) is 9.13. The average Bonchev–Trinajstić information content (AvgIpc) is 3.25. The number of benzene rings is 1. The van der Waals surface area contributed by atoms with Crippen molar-refractivity contribution in [3.63, 3.8) is 0 Å². The summed E-state index contributed by atoms with van der Waals surface area (Å²) in [6, 6.07) is 7.77. The molecule has 4 heterocycles. The Bertz CT molecular complexity index is 1200. The normalized spacial score (nSPS) is 16.1. The van der Waals surface area contributed by atoms with Gasteiger partial charge in [0.1, 0.15) is 5.56 Å². The molecule has 5 rings (SSSR count). The number of carbonyl (C=O) groups is 1. The van der Waals surface area contributed by atoms with E-state index < -0.39 is 0 Å². The predicted octanol–water partition coefficient (Wildman–Crippen LogP) is 2.20. The van der Waals surface area contributed by atoms with E-state index in [1.54, 1.807) is 6.20 Å². The first-order chi connectivity index (χ1) is 15.1. The summed E-state index contributed by atoms with van der Waals surface area (Å²) in [5.74, 6) is -0.0683. The van der Waals surface area contributed by atoms with Crippen LogP contribution in [0.25, 0.3) is 5.65 Å². The summed E-state index contributed by atoms with van der Waals surface area (Å²) in [5, 5.41) is 8.28. The van der Waals surface area contributed by atoms with Crippen LogP contribution in [0.1, 0.15) is 28.5 Å². The summed E-state index contributed by atoms with van der Waals surface area (Å²) >= 11 is 5.99. The topological polar surface area (TPSA) is 74.9 Å². The van der Waals surface area contributed by atoms with E-state index in [9.17, 15) is 9.59 Å². The monoisotopic (exact) mass is 476 g/mol. The Morgan fingerprint density at radius 1 is 1.16 bits per heavy atom. The van der Waals surface area contributed by atoms with Crippen molar-refractivity contribution in [2.45, 2.75) is 26.4 Å². The number of rotatable bonds is 3. The molecule has 8 nitrogen and oxygen atoms in total. The third-order valence-corrected chi connectivity index (χ3v) is 6.52. The summed E-state index contributed by atoms with van der Waals surface area (Å²) in [5.41, 5.74) is 3.85. The van der Waals surface area contributed by atoms with Gasteiger partial charge in [-0.3, -0.25) is 9.59 Å². The predicted molar refractivity (Wildman–Crippen MR) is 127 cm³/mol. The van der Waals surface area contributed by atoms with Gasteiger partial charge in [0.25, 0.3) is 11.5 Å². The fourth-order valence-corrected chi connectivity index (χ4v) is 4.78. The molecule has 2 aliphatic rings. The maximum Gasteiger partial charge on any atom is 0.279 e. The molecule has 2 aromatic heterocycles. The number of carbonyl (C=O) groups excluding carboxylic acids is 1. The minimum Gasteiger partial charge on any atom is -0.368 e. The number of nitrogens with zero attached hydrogens (tertiary/aromatic N) is 5. The van der Waals surface area contributed by atoms with Crippen molar-refractivity contribution < 1.29 is 4.79 Å². The Morgan fingerprint density at radius 2 is 1.88 bits per heavy atom. The minimum absolute atomic E-state index is 0. The molecule has 0 radical (unpaired) electrons. The molecule has 1 fully saturated rings. The Balaban J connectivity index is 0.00000245. The van der Waals surface area contributed by atoms with E-state index in [0.717, 1.165) is 43.0 Å². The van der Waals surface area contributed by atoms with Gasteiger partial charge >= 0.3 is 0 Å². The summed E-state index contributed by atoms with van der Waals surface area (Å²) < 4.78 is 3.48. The molecular weight excluding hydrogens is 451 g/mol. The molecule has 10 heteroatoms. The molecular formula is C22H26Cl2N6O2. The van der Waals surface area contributed by atoms with Gasteiger partial charge in [0, 0.05) is 68.6 Å². The van der Waals surface area contributed by atoms with Crippen molar-refractivity contribution >= 4 is 41.2 Å². The van der Waals surface area contributed by atoms with Crippen LogP contribution in [0.4, 0.5) is 5.69 Å². The molecule has 2 aliphatic heterocycles. The molecule has 1 saturated heterocycles. The van der Waals surface area contributed by atoms with E-state index in [-0.39, 0.29) is 23.9 Å². The number of halogens is 2. The lowest BCUT2D eigenvalue weighted by Gasteiger charge is -2.36. The fraction of sp³-hybridized carbons (Fsp3) is 0.409. The minimum atomic E-state index is -0.131. The van der Waals surface area contributed by atoms with Gasteiger partial charge in [-0.25, -0.2) is 0 Å². The van der Waals surface area contributed by atoms with Crippen LogP contribution in [0.5, 0.6) is 0 Å². The van der Waals surface area contributed by atoms with Crippen LogP contribution in [-0.4, -0.2) is 57.7 Å². The largest absolute Gasteiger partial charge is 0.368 e. The Morgan fingerprint density at radius 3 is 2.56 bits per heavy atom. The zero-order chi connectivity index (χ0) is 21.5. The second-order valence-corrected chi connectivity index (χ2v) is 8.39. The molecule has 1 N–H and O–H groups in total. The Kier molecular flexibility index (Phi) is 6.46. The molecule has 0 atom stereocenters. The number of hydrogen-bond donors (Lipinski definition) is 1. The quantitative estimate of drug-likeness (QED) is 0.626. The van der Waals surface area contributed by atoms with Crippen molar-refractivity contribution in [2.75, 3.05) is 37.6 Å². The number of piperazine rings is 1. The van der Waals surface area contributed by atoms with Gasteiger partial charge in [-0.05, 0) is 31.2 Å². The van der Waals surface area contributed by atoms with Crippen LogP contribution in [-0.2, 0) is 19.5 Å². The third kappa shape index (κ3) is 3.76. The molecule has 1 aromatic carbocycles. The summed E-state index contributed by atoms with van der Waals surface area (Å²) in [7, 11) is 0. The smallest absolute Gasteiger partial charge is 0.279 e. The van der Waals surface area contributed by atoms with E-state index in [0.29, 0.717) is 42.4 Å². The standard InChI is InChI=1S/C22H25ClN6O2.ClH/c1-2-28-19-7-8-24-13-17(19)22(31)29-20(28)18(14-25-29)21(30)27-11-9-26(10-12-27)16-5-3-15(23)4-6-16;/h3-6,14,24H,2,7-13H2,1H3;1H. The highest BCUT2D eigenvalue weighted by Gasteiger charge is 2.28. The van der Waals surface area contributed by atoms with Gasteiger partial charge in [-0.2, -0.15) is 9.61 Å². The fourth-order valence-electron chi connectivity index (χ4n) is 4.66. The van der Waals surface area contributed by atoms with Crippen LogP contribution in [0.15, 0.2) is 35.3 Å². The van der Waals surface area contributed by atoms with E-state index in [1.807, 2.05) is 36.1 Å². The average molecular weight is 477 g/mol. The van der Waals surface area contributed by atoms with Crippen molar-refractivity contribution in [2.24, 2.45) is 0 Å². The van der Waals surface area contributed by atoms with Crippen molar-refractivity contribution in [1.29, 1.82) is 0 Å².